The highest BCUT2D eigenvalue weighted by atomic mass is 16.4. The minimum atomic E-state index is -0.648. The lowest BCUT2D eigenvalue weighted by Gasteiger charge is -2.17. The molecule has 0 atom stereocenters. The fourth-order valence-corrected chi connectivity index (χ4v) is 4.28. The van der Waals surface area contributed by atoms with Gasteiger partial charge in [0, 0.05) is 6.54 Å². The summed E-state index contributed by atoms with van der Waals surface area (Å²) in [4.78, 5) is 24.9. The maximum Gasteiger partial charge on any atom is 0.428 e. The Morgan fingerprint density at radius 3 is 2.68 bits per heavy atom. The highest BCUT2D eigenvalue weighted by Crippen LogP contribution is 2.25. The van der Waals surface area contributed by atoms with Crippen LogP contribution in [-0.2, 0) is 6.42 Å². The molecule has 1 aliphatic rings. The molecule has 4 rings (SSSR count). The van der Waals surface area contributed by atoms with Crippen LogP contribution in [0.2, 0.25) is 0 Å². The second-order valence-electron chi connectivity index (χ2n) is 8.36. The first kappa shape index (κ1) is 21.2. The van der Waals surface area contributed by atoms with Gasteiger partial charge in [-0.3, -0.25) is 0 Å². The van der Waals surface area contributed by atoms with Crippen LogP contribution >= 0.6 is 0 Å². The van der Waals surface area contributed by atoms with Crippen LogP contribution in [0, 0.1) is 5.92 Å². The van der Waals surface area contributed by atoms with Crippen molar-refractivity contribution in [2.75, 3.05) is 6.54 Å². The van der Waals surface area contributed by atoms with E-state index in [1.165, 1.54) is 37.7 Å². The Balaban J connectivity index is 1.34. The maximum absolute atomic E-state index is 12.6. The minimum Gasteiger partial charge on any atom is -0.407 e. The number of aromatic nitrogens is 1. The molecule has 3 aromatic rings. The number of allylic oxidation sites excluding steroid dienone is 1. The van der Waals surface area contributed by atoms with E-state index in [1.807, 2.05) is 30.3 Å². The van der Waals surface area contributed by atoms with Gasteiger partial charge in [-0.2, -0.15) is 4.57 Å². The van der Waals surface area contributed by atoms with E-state index in [-0.39, 0.29) is 0 Å². The Morgan fingerprint density at radius 1 is 1.06 bits per heavy atom. The van der Waals surface area contributed by atoms with E-state index >= 15 is 0 Å². The molecule has 1 N–H and O–H groups in total. The van der Waals surface area contributed by atoms with Crippen molar-refractivity contribution in [1.82, 2.24) is 9.88 Å². The third-order valence-electron chi connectivity index (χ3n) is 6.03. The van der Waals surface area contributed by atoms with E-state index in [1.54, 1.807) is 6.07 Å². The van der Waals surface area contributed by atoms with Crippen LogP contribution in [-0.4, -0.2) is 17.1 Å². The Hall–Kier alpha value is -3.08. The van der Waals surface area contributed by atoms with Gasteiger partial charge in [-0.15, -0.1) is 0 Å². The lowest BCUT2D eigenvalue weighted by molar-refractivity contribution is 0.241. The van der Waals surface area contributed by atoms with E-state index in [4.69, 9.17) is 4.42 Å². The Bertz CT molecular complexity index is 1090. The van der Waals surface area contributed by atoms with E-state index < -0.39 is 11.8 Å². The second kappa shape index (κ2) is 10.3. The van der Waals surface area contributed by atoms with E-state index in [2.05, 4.69) is 29.6 Å². The van der Waals surface area contributed by atoms with Gasteiger partial charge in [0.1, 0.15) is 0 Å². The van der Waals surface area contributed by atoms with E-state index in [0.717, 1.165) is 29.4 Å². The van der Waals surface area contributed by atoms with Crippen LogP contribution in [0.1, 0.15) is 56.1 Å². The summed E-state index contributed by atoms with van der Waals surface area (Å²) in [5.74, 6) is -0.0149. The summed E-state index contributed by atoms with van der Waals surface area (Å²) in [6, 6.07) is 15.4. The van der Waals surface area contributed by atoms with Crippen molar-refractivity contribution in [1.29, 1.82) is 0 Å². The van der Waals surface area contributed by atoms with Gasteiger partial charge in [0.05, 0.1) is 5.52 Å². The third kappa shape index (κ3) is 5.54. The summed E-state index contributed by atoms with van der Waals surface area (Å²) >= 11 is 0. The van der Waals surface area contributed by atoms with Crippen LogP contribution < -0.4 is 11.1 Å². The van der Waals surface area contributed by atoms with Crippen molar-refractivity contribution >= 4 is 23.2 Å². The molecular formula is C26H30N2O3. The zero-order chi connectivity index (χ0) is 21.5. The molecule has 1 fully saturated rings. The molecule has 0 aliphatic heterocycles. The molecule has 162 valence electrons. The van der Waals surface area contributed by atoms with Crippen molar-refractivity contribution in [3.05, 3.63) is 76.3 Å². The number of rotatable bonds is 7. The number of amides is 1. The van der Waals surface area contributed by atoms with Crippen molar-refractivity contribution in [3.8, 4) is 0 Å². The summed E-state index contributed by atoms with van der Waals surface area (Å²) in [6.45, 7) is 0.521. The third-order valence-corrected chi connectivity index (χ3v) is 6.03. The molecule has 0 bridgehead atoms. The Labute approximate surface area is 182 Å². The van der Waals surface area contributed by atoms with Gasteiger partial charge in [0.2, 0.25) is 0 Å². The van der Waals surface area contributed by atoms with Gasteiger partial charge in [-0.1, -0.05) is 67.8 Å². The SMILES string of the molecule is O=C(NCCCCc1ccccc1)n1c(=O)oc2cc(/C=C/C3CCCCC3)ccc21. The zero-order valence-corrected chi connectivity index (χ0v) is 17.9. The standard InChI is InChI=1S/C26H30N2O3/c29-25(27-18-8-7-13-20-9-3-1-4-10-20)28-23-17-16-22(19-24(23)31-26(28)30)15-14-21-11-5-2-6-12-21/h1,3-4,9-10,14-17,19,21H,2,5-8,11-13,18H2,(H,27,29)/b15-14+. The number of benzene rings is 2. The first-order valence-corrected chi connectivity index (χ1v) is 11.4. The number of carbonyl (C=O) groups excluding carboxylic acids is 1. The summed E-state index contributed by atoms with van der Waals surface area (Å²) in [5, 5.41) is 2.84. The van der Waals surface area contributed by atoms with Crippen molar-refractivity contribution in [2.24, 2.45) is 5.92 Å². The Kier molecular flexibility index (Phi) is 7.03. The average molecular weight is 419 g/mol. The monoisotopic (exact) mass is 418 g/mol. The highest BCUT2D eigenvalue weighted by Gasteiger charge is 2.16. The summed E-state index contributed by atoms with van der Waals surface area (Å²) in [6.07, 6.45) is 13.6. The maximum atomic E-state index is 12.6. The van der Waals surface area contributed by atoms with Gasteiger partial charge in [0.15, 0.2) is 5.58 Å². The lowest BCUT2D eigenvalue weighted by Crippen LogP contribution is -2.34. The number of oxazole rings is 1. The lowest BCUT2D eigenvalue weighted by atomic mass is 9.89. The van der Waals surface area contributed by atoms with Crippen LogP contribution in [0.5, 0.6) is 0 Å². The molecule has 1 aromatic heterocycles. The summed E-state index contributed by atoms with van der Waals surface area (Å²) in [7, 11) is 0. The minimum absolute atomic E-state index is 0.436. The number of fused-ring (bicyclic) bond motifs is 1. The van der Waals surface area contributed by atoms with Gasteiger partial charge in [-0.25, -0.2) is 9.59 Å². The molecule has 1 amide bonds. The molecule has 5 heteroatoms. The van der Waals surface area contributed by atoms with Crippen LogP contribution in [0.15, 0.2) is 63.8 Å². The van der Waals surface area contributed by atoms with Crippen LogP contribution in [0.25, 0.3) is 17.2 Å². The molecule has 2 aromatic carbocycles. The van der Waals surface area contributed by atoms with Crippen molar-refractivity contribution in [2.45, 2.75) is 51.4 Å². The molecule has 1 aliphatic carbocycles. The molecule has 31 heavy (non-hydrogen) atoms. The smallest absolute Gasteiger partial charge is 0.407 e. The first-order chi connectivity index (χ1) is 15.2. The molecule has 0 saturated heterocycles. The summed E-state index contributed by atoms with van der Waals surface area (Å²) < 4.78 is 6.44. The number of nitrogens with zero attached hydrogens (tertiary/aromatic N) is 1. The summed E-state index contributed by atoms with van der Waals surface area (Å²) in [5.41, 5.74) is 3.22. The Morgan fingerprint density at radius 2 is 1.87 bits per heavy atom. The van der Waals surface area contributed by atoms with Gasteiger partial charge < -0.3 is 9.73 Å². The number of hydrogen-bond acceptors (Lipinski definition) is 3. The molecule has 1 saturated carbocycles. The van der Waals surface area contributed by atoms with Gasteiger partial charge in [0.25, 0.3) is 0 Å². The van der Waals surface area contributed by atoms with Crippen LogP contribution in [0.3, 0.4) is 0 Å². The first-order valence-electron chi connectivity index (χ1n) is 11.4. The fourth-order valence-electron chi connectivity index (χ4n) is 4.28. The predicted octanol–water partition coefficient (Wildman–Crippen LogP) is 5.77. The molecule has 1 heterocycles. The molecule has 0 radical (unpaired) electrons. The second-order valence-corrected chi connectivity index (χ2v) is 8.36. The number of hydrogen-bond donors (Lipinski definition) is 1. The number of unbranched alkanes of at least 4 members (excludes halogenated alkanes) is 1. The topological polar surface area (TPSA) is 64.2 Å². The normalized spacial score (nSPS) is 15.0. The largest absolute Gasteiger partial charge is 0.428 e. The van der Waals surface area contributed by atoms with Gasteiger partial charge in [-0.05, 0) is 61.3 Å². The average Bonchev–Trinajstić information content (AvgIpc) is 3.13. The number of carbonyl (C=O) groups is 1. The molecule has 5 nitrogen and oxygen atoms in total. The van der Waals surface area contributed by atoms with Crippen molar-refractivity contribution in [3.63, 3.8) is 0 Å². The molecule has 0 unspecified atom stereocenters. The number of aryl methyl sites for hydroxylation is 1. The quantitative estimate of drug-likeness (QED) is 0.496. The van der Waals surface area contributed by atoms with Gasteiger partial charge >= 0.3 is 11.8 Å². The number of nitrogens with one attached hydrogen (secondary N) is 1. The molecular weight excluding hydrogens is 388 g/mol. The predicted molar refractivity (Wildman–Crippen MR) is 124 cm³/mol. The molecule has 0 spiro atoms. The van der Waals surface area contributed by atoms with E-state index in [9.17, 15) is 9.59 Å². The zero-order valence-electron chi connectivity index (χ0n) is 17.9. The highest BCUT2D eigenvalue weighted by molar-refractivity contribution is 5.88. The van der Waals surface area contributed by atoms with Crippen molar-refractivity contribution < 1.29 is 9.21 Å². The van der Waals surface area contributed by atoms with Crippen LogP contribution in [0.4, 0.5) is 4.79 Å². The van der Waals surface area contributed by atoms with E-state index in [0.29, 0.717) is 23.6 Å². The fraction of sp³-hybridized carbons (Fsp3) is 0.385.